The van der Waals surface area contributed by atoms with Crippen molar-refractivity contribution in [3.63, 3.8) is 0 Å². The second-order valence-corrected chi connectivity index (χ2v) is 3.58. The van der Waals surface area contributed by atoms with Crippen molar-refractivity contribution in [1.29, 1.82) is 0 Å². The van der Waals surface area contributed by atoms with Crippen LogP contribution in [0.3, 0.4) is 0 Å². The summed E-state index contributed by atoms with van der Waals surface area (Å²) in [5, 5.41) is 9.28. The normalized spacial score (nSPS) is 13.8. The second kappa shape index (κ2) is 9.79. The maximum Gasteiger partial charge on any atom is 0.0537 e. The Morgan fingerprint density at radius 3 is 2.46 bits per heavy atom. The Bertz CT molecular complexity index is 118. The van der Waals surface area contributed by atoms with Crippen LogP contribution in [0.15, 0.2) is 12.2 Å². The SMILES string of the molecule is CC/C=C/CCCCCC(O)CC. The maximum absolute atomic E-state index is 9.28. The second-order valence-electron chi connectivity index (χ2n) is 3.58. The smallest absolute Gasteiger partial charge is 0.0537 e. The Morgan fingerprint density at radius 2 is 1.85 bits per heavy atom. The lowest BCUT2D eigenvalue weighted by Gasteiger charge is -2.05. The van der Waals surface area contributed by atoms with Gasteiger partial charge in [0.25, 0.3) is 0 Å². The molecule has 1 atom stereocenters. The van der Waals surface area contributed by atoms with Crippen molar-refractivity contribution in [3.05, 3.63) is 12.2 Å². The lowest BCUT2D eigenvalue weighted by Crippen LogP contribution is -2.03. The summed E-state index contributed by atoms with van der Waals surface area (Å²) in [6, 6.07) is 0. The first-order valence-electron chi connectivity index (χ1n) is 5.64. The van der Waals surface area contributed by atoms with Gasteiger partial charge < -0.3 is 5.11 Å². The number of rotatable bonds is 8. The van der Waals surface area contributed by atoms with E-state index in [9.17, 15) is 5.11 Å². The predicted molar refractivity (Wildman–Crippen MR) is 58.8 cm³/mol. The van der Waals surface area contributed by atoms with Gasteiger partial charge in [-0.2, -0.15) is 0 Å². The number of aliphatic hydroxyl groups is 1. The number of hydrogen-bond acceptors (Lipinski definition) is 1. The molecule has 0 aromatic carbocycles. The van der Waals surface area contributed by atoms with Crippen molar-refractivity contribution in [3.8, 4) is 0 Å². The van der Waals surface area contributed by atoms with E-state index >= 15 is 0 Å². The van der Waals surface area contributed by atoms with E-state index < -0.39 is 0 Å². The van der Waals surface area contributed by atoms with Crippen LogP contribution in [0.1, 0.15) is 58.8 Å². The molecule has 1 N–H and O–H groups in total. The van der Waals surface area contributed by atoms with Crippen LogP contribution < -0.4 is 0 Å². The van der Waals surface area contributed by atoms with Crippen LogP contribution >= 0.6 is 0 Å². The summed E-state index contributed by atoms with van der Waals surface area (Å²) in [6.45, 7) is 4.20. The topological polar surface area (TPSA) is 20.2 Å². The summed E-state index contributed by atoms with van der Waals surface area (Å²) < 4.78 is 0. The van der Waals surface area contributed by atoms with Crippen molar-refractivity contribution in [1.82, 2.24) is 0 Å². The molecule has 1 unspecified atom stereocenters. The van der Waals surface area contributed by atoms with Crippen molar-refractivity contribution in [2.45, 2.75) is 64.9 Å². The highest BCUT2D eigenvalue weighted by molar-refractivity contribution is 4.79. The maximum atomic E-state index is 9.28. The van der Waals surface area contributed by atoms with Gasteiger partial charge in [0.15, 0.2) is 0 Å². The lowest BCUT2D eigenvalue weighted by molar-refractivity contribution is 0.156. The van der Waals surface area contributed by atoms with Crippen LogP contribution in [0.4, 0.5) is 0 Å². The molecule has 1 nitrogen and oxygen atoms in total. The minimum Gasteiger partial charge on any atom is -0.393 e. The van der Waals surface area contributed by atoms with Crippen LogP contribution in [0.2, 0.25) is 0 Å². The minimum atomic E-state index is -0.0637. The molecule has 0 amide bonds. The zero-order valence-corrected chi connectivity index (χ0v) is 9.13. The molecule has 0 saturated carbocycles. The highest BCUT2D eigenvalue weighted by Crippen LogP contribution is 2.07. The van der Waals surface area contributed by atoms with Crippen LogP contribution in [-0.2, 0) is 0 Å². The summed E-state index contributed by atoms with van der Waals surface area (Å²) in [4.78, 5) is 0. The monoisotopic (exact) mass is 184 g/mol. The Morgan fingerprint density at radius 1 is 1.08 bits per heavy atom. The fraction of sp³-hybridized carbons (Fsp3) is 0.833. The van der Waals surface area contributed by atoms with E-state index in [2.05, 4.69) is 19.1 Å². The van der Waals surface area contributed by atoms with Gasteiger partial charge in [-0.3, -0.25) is 0 Å². The van der Waals surface area contributed by atoms with E-state index in [1.165, 1.54) is 25.7 Å². The van der Waals surface area contributed by atoms with Gasteiger partial charge in [0.1, 0.15) is 0 Å². The van der Waals surface area contributed by atoms with Crippen molar-refractivity contribution in [2.24, 2.45) is 0 Å². The Balaban J connectivity index is 3.03. The number of aliphatic hydroxyl groups excluding tert-OH is 1. The molecule has 0 saturated heterocycles. The third-order valence-corrected chi connectivity index (χ3v) is 2.28. The van der Waals surface area contributed by atoms with Crippen LogP contribution in [0, 0.1) is 0 Å². The highest BCUT2D eigenvalue weighted by atomic mass is 16.3. The molecule has 13 heavy (non-hydrogen) atoms. The zero-order valence-electron chi connectivity index (χ0n) is 9.13. The first-order valence-corrected chi connectivity index (χ1v) is 5.64. The van der Waals surface area contributed by atoms with Gasteiger partial charge >= 0.3 is 0 Å². The van der Waals surface area contributed by atoms with Gasteiger partial charge in [-0.1, -0.05) is 38.8 Å². The van der Waals surface area contributed by atoms with Crippen LogP contribution in [0.25, 0.3) is 0 Å². The molecule has 0 aliphatic carbocycles. The first kappa shape index (κ1) is 12.7. The van der Waals surface area contributed by atoms with E-state index in [4.69, 9.17) is 0 Å². The molecule has 78 valence electrons. The van der Waals surface area contributed by atoms with Crippen molar-refractivity contribution in [2.75, 3.05) is 0 Å². The molecular formula is C12H24O. The van der Waals surface area contributed by atoms with Gasteiger partial charge in [0.05, 0.1) is 6.10 Å². The van der Waals surface area contributed by atoms with Gasteiger partial charge in [-0.25, -0.2) is 0 Å². The molecule has 0 aliphatic heterocycles. The van der Waals surface area contributed by atoms with Gasteiger partial charge in [0.2, 0.25) is 0 Å². The molecule has 0 fully saturated rings. The van der Waals surface area contributed by atoms with Gasteiger partial charge in [-0.15, -0.1) is 0 Å². The summed E-state index contributed by atoms with van der Waals surface area (Å²) in [7, 11) is 0. The average molecular weight is 184 g/mol. The van der Waals surface area contributed by atoms with Gasteiger partial charge in [0, 0.05) is 0 Å². The molecule has 0 spiro atoms. The highest BCUT2D eigenvalue weighted by Gasteiger charge is 1.98. The molecule has 0 rings (SSSR count). The summed E-state index contributed by atoms with van der Waals surface area (Å²) >= 11 is 0. The van der Waals surface area contributed by atoms with E-state index in [-0.39, 0.29) is 6.10 Å². The zero-order chi connectivity index (χ0) is 9.94. The number of allylic oxidation sites excluding steroid dienone is 2. The molecule has 1 heteroatoms. The average Bonchev–Trinajstić information content (AvgIpc) is 2.16. The number of hydrogen-bond donors (Lipinski definition) is 1. The summed E-state index contributed by atoms with van der Waals surface area (Å²) in [5.41, 5.74) is 0. The Kier molecular flexibility index (Phi) is 9.56. The molecule has 0 aliphatic rings. The standard InChI is InChI=1S/C12H24O/c1-3-5-6-7-8-9-10-11-12(13)4-2/h5-6,12-13H,3-4,7-11H2,1-2H3/b6-5+. The van der Waals surface area contributed by atoms with Crippen LogP contribution in [-0.4, -0.2) is 11.2 Å². The molecule has 0 bridgehead atoms. The fourth-order valence-electron chi connectivity index (χ4n) is 1.31. The quantitative estimate of drug-likeness (QED) is 0.451. The van der Waals surface area contributed by atoms with E-state index in [0.29, 0.717) is 0 Å². The Labute approximate surface area is 82.9 Å². The summed E-state index contributed by atoms with van der Waals surface area (Å²) in [6.07, 6.45) is 12.4. The minimum absolute atomic E-state index is 0.0637. The lowest BCUT2D eigenvalue weighted by atomic mass is 10.1. The van der Waals surface area contributed by atoms with Crippen molar-refractivity contribution >= 4 is 0 Å². The Hall–Kier alpha value is -0.300. The molecule has 0 aromatic heterocycles. The summed E-state index contributed by atoms with van der Waals surface area (Å²) in [5.74, 6) is 0. The number of unbranched alkanes of at least 4 members (excludes halogenated alkanes) is 3. The molecular weight excluding hydrogens is 160 g/mol. The van der Waals surface area contributed by atoms with E-state index in [0.717, 1.165) is 19.3 Å². The van der Waals surface area contributed by atoms with Gasteiger partial charge in [-0.05, 0) is 32.1 Å². The largest absolute Gasteiger partial charge is 0.393 e. The third kappa shape index (κ3) is 9.62. The predicted octanol–water partition coefficient (Wildman–Crippen LogP) is 3.67. The van der Waals surface area contributed by atoms with E-state index in [1.54, 1.807) is 0 Å². The van der Waals surface area contributed by atoms with Crippen LogP contribution in [0.5, 0.6) is 0 Å². The third-order valence-electron chi connectivity index (χ3n) is 2.28. The fourth-order valence-corrected chi connectivity index (χ4v) is 1.31. The molecule has 0 heterocycles. The van der Waals surface area contributed by atoms with Crippen molar-refractivity contribution < 1.29 is 5.11 Å². The molecule has 0 radical (unpaired) electrons. The molecule has 0 aromatic rings. The first-order chi connectivity index (χ1) is 6.31. The van der Waals surface area contributed by atoms with E-state index in [1.807, 2.05) is 6.92 Å².